The molecule has 0 bridgehead atoms. The highest BCUT2D eigenvalue weighted by molar-refractivity contribution is 6.35. The zero-order valence-corrected chi connectivity index (χ0v) is 9.21. The molecule has 0 aromatic heterocycles. The maximum absolute atomic E-state index is 10.9. The predicted octanol–water partition coefficient (Wildman–Crippen LogP) is 2.17. The van der Waals surface area contributed by atoms with E-state index >= 15 is 0 Å². The van der Waals surface area contributed by atoms with E-state index in [1.165, 1.54) is 6.07 Å². The third-order valence-corrected chi connectivity index (χ3v) is 2.45. The summed E-state index contributed by atoms with van der Waals surface area (Å²) in [5.41, 5.74) is -0.0608. The molecule has 0 amide bonds. The lowest BCUT2D eigenvalue weighted by Crippen LogP contribution is -2.01. The van der Waals surface area contributed by atoms with Crippen molar-refractivity contribution in [1.82, 2.24) is 0 Å². The van der Waals surface area contributed by atoms with Crippen LogP contribution in [0.4, 0.5) is 0 Å². The summed E-state index contributed by atoms with van der Waals surface area (Å²) in [7, 11) is 0. The Morgan fingerprint density at radius 3 is 3.00 bits per heavy atom. The van der Waals surface area contributed by atoms with E-state index in [1.807, 2.05) is 0 Å². The molecule has 5 nitrogen and oxygen atoms in total. The number of carbonyl (C=O) groups is 1. The van der Waals surface area contributed by atoms with Crippen molar-refractivity contribution in [3.8, 4) is 17.2 Å². The molecule has 0 unspecified atom stereocenters. The third kappa shape index (κ3) is 1.63. The molecule has 1 aliphatic rings. The summed E-state index contributed by atoms with van der Waals surface area (Å²) in [6.45, 7) is 2.17. The molecular weight excluding hydrogens is 236 g/mol. The van der Waals surface area contributed by atoms with Crippen LogP contribution in [-0.4, -0.2) is 24.5 Å². The SMILES string of the molecule is CCOc1c(Cl)c(C(=O)O)cc2c1OCO2. The van der Waals surface area contributed by atoms with Gasteiger partial charge < -0.3 is 19.3 Å². The summed E-state index contributed by atoms with van der Waals surface area (Å²) in [5.74, 6) is -0.220. The van der Waals surface area contributed by atoms with Gasteiger partial charge in [-0.05, 0) is 6.92 Å². The maximum atomic E-state index is 10.9. The number of hydrogen-bond acceptors (Lipinski definition) is 4. The summed E-state index contributed by atoms with van der Waals surface area (Å²) in [5, 5.41) is 8.98. The van der Waals surface area contributed by atoms with E-state index in [4.69, 9.17) is 30.9 Å². The fraction of sp³-hybridized carbons (Fsp3) is 0.300. The normalized spacial score (nSPS) is 12.6. The number of aromatic carboxylic acids is 1. The highest BCUT2D eigenvalue weighted by Crippen LogP contribution is 2.47. The second kappa shape index (κ2) is 4.09. The van der Waals surface area contributed by atoms with Gasteiger partial charge in [-0.3, -0.25) is 0 Å². The highest BCUT2D eigenvalue weighted by atomic mass is 35.5. The van der Waals surface area contributed by atoms with Crippen LogP contribution < -0.4 is 14.2 Å². The van der Waals surface area contributed by atoms with Gasteiger partial charge in [-0.25, -0.2) is 4.79 Å². The molecule has 16 heavy (non-hydrogen) atoms. The van der Waals surface area contributed by atoms with Crippen molar-refractivity contribution in [2.24, 2.45) is 0 Å². The molecule has 1 aromatic rings. The van der Waals surface area contributed by atoms with Crippen molar-refractivity contribution >= 4 is 17.6 Å². The van der Waals surface area contributed by atoms with E-state index in [9.17, 15) is 4.79 Å². The largest absolute Gasteiger partial charge is 0.488 e. The molecule has 0 spiro atoms. The van der Waals surface area contributed by atoms with Crippen molar-refractivity contribution in [3.63, 3.8) is 0 Å². The minimum Gasteiger partial charge on any atom is -0.488 e. The number of carboxylic acids is 1. The van der Waals surface area contributed by atoms with Crippen molar-refractivity contribution in [1.29, 1.82) is 0 Å². The molecule has 6 heteroatoms. The first-order valence-corrected chi connectivity index (χ1v) is 5.01. The molecule has 2 rings (SSSR count). The van der Waals surface area contributed by atoms with E-state index in [0.717, 1.165) is 0 Å². The van der Waals surface area contributed by atoms with Crippen LogP contribution in [0.2, 0.25) is 5.02 Å². The van der Waals surface area contributed by atoms with Gasteiger partial charge in [-0.1, -0.05) is 11.6 Å². The predicted molar refractivity (Wildman–Crippen MR) is 55.7 cm³/mol. The van der Waals surface area contributed by atoms with Crippen molar-refractivity contribution in [3.05, 3.63) is 16.7 Å². The average Bonchev–Trinajstić information content (AvgIpc) is 2.69. The van der Waals surface area contributed by atoms with Crippen LogP contribution >= 0.6 is 11.6 Å². The van der Waals surface area contributed by atoms with Crippen LogP contribution in [0.1, 0.15) is 17.3 Å². The number of halogens is 1. The Bertz CT molecular complexity index is 443. The molecule has 1 aromatic carbocycles. The van der Waals surface area contributed by atoms with Gasteiger partial charge in [0.1, 0.15) is 5.02 Å². The monoisotopic (exact) mass is 244 g/mol. The van der Waals surface area contributed by atoms with Crippen LogP contribution in [0.3, 0.4) is 0 Å². The molecule has 0 atom stereocenters. The molecule has 0 radical (unpaired) electrons. The topological polar surface area (TPSA) is 65.0 Å². The molecule has 1 N–H and O–H groups in total. The van der Waals surface area contributed by atoms with Crippen molar-refractivity contribution in [2.75, 3.05) is 13.4 Å². The Kier molecular flexibility index (Phi) is 2.78. The van der Waals surface area contributed by atoms with Crippen LogP contribution in [-0.2, 0) is 0 Å². The Hall–Kier alpha value is -1.62. The Morgan fingerprint density at radius 2 is 2.38 bits per heavy atom. The van der Waals surface area contributed by atoms with E-state index < -0.39 is 5.97 Å². The lowest BCUT2D eigenvalue weighted by atomic mass is 10.2. The minimum absolute atomic E-state index is 0.0265. The van der Waals surface area contributed by atoms with Crippen molar-refractivity contribution < 1.29 is 24.1 Å². The molecular formula is C10H9ClO5. The summed E-state index contributed by atoms with van der Waals surface area (Å²) in [6.07, 6.45) is 0. The number of hydrogen-bond donors (Lipinski definition) is 1. The summed E-state index contributed by atoms with van der Waals surface area (Å²) < 4.78 is 15.6. The Labute approximate surface area is 96.5 Å². The summed E-state index contributed by atoms with van der Waals surface area (Å²) >= 11 is 5.92. The van der Waals surface area contributed by atoms with Gasteiger partial charge in [0.05, 0.1) is 12.2 Å². The molecule has 1 aliphatic heterocycles. The van der Waals surface area contributed by atoms with Gasteiger partial charge in [0.15, 0.2) is 11.5 Å². The number of fused-ring (bicyclic) bond motifs is 1. The van der Waals surface area contributed by atoms with Gasteiger partial charge in [0.25, 0.3) is 0 Å². The maximum Gasteiger partial charge on any atom is 0.337 e. The zero-order chi connectivity index (χ0) is 11.7. The molecule has 86 valence electrons. The Morgan fingerprint density at radius 1 is 1.62 bits per heavy atom. The van der Waals surface area contributed by atoms with Gasteiger partial charge in [0, 0.05) is 6.07 Å². The van der Waals surface area contributed by atoms with Crippen LogP contribution in [0.5, 0.6) is 17.2 Å². The van der Waals surface area contributed by atoms with Gasteiger partial charge >= 0.3 is 5.97 Å². The molecule has 0 aliphatic carbocycles. The molecule has 0 fully saturated rings. The fourth-order valence-electron chi connectivity index (χ4n) is 1.42. The van der Waals surface area contributed by atoms with Crippen LogP contribution in [0.15, 0.2) is 6.07 Å². The van der Waals surface area contributed by atoms with Crippen LogP contribution in [0.25, 0.3) is 0 Å². The summed E-state index contributed by atoms with van der Waals surface area (Å²) in [4.78, 5) is 10.9. The van der Waals surface area contributed by atoms with E-state index in [2.05, 4.69) is 0 Å². The van der Waals surface area contributed by atoms with Gasteiger partial charge in [-0.15, -0.1) is 0 Å². The first-order chi connectivity index (χ1) is 7.65. The van der Waals surface area contributed by atoms with E-state index in [1.54, 1.807) is 6.92 Å². The number of benzene rings is 1. The van der Waals surface area contributed by atoms with E-state index in [-0.39, 0.29) is 23.1 Å². The zero-order valence-electron chi connectivity index (χ0n) is 8.45. The lowest BCUT2D eigenvalue weighted by molar-refractivity contribution is 0.0696. The smallest absolute Gasteiger partial charge is 0.337 e. The lowest BCUT2D eigenvalue weighted by Gasteiger charge is -2.10. The van der Waals surface area contributed by atoms with Crippen LogP contribution in [0, 0.1) is 0 Å². The summed E-state index contributed by atoms with van der Waals surface area (Å²) in [6, 6.07) is 1.33. The third-order valence-electron chi connectivity index (χ3n) is 2.08. The molecule has 0 saturated heterocycles. The number of ether oxygens (including phenoxy) is 3. The quantitative estimate of drug-likeness (QED) is 0.883. The second-order valence-corrected chi connectivity index (χ2v) is 3.42. The second-order valence-electron chi connectivity index (χ2n) is 3.04. The average molecular weight is 245 g/mol. The minimum atomic E-state index is -1.13. The highest BCUT2D eigenvalue weighted by Gasteiger charge is 2.27. The first-order valence-electron chi connectivity index (χ1n) is 4.63. The van der Waals surface area contributed by atoms with Crippen molar-refractivity contribution in [2.45, 2.75) is 6.92 Å². The Balaban J connectivity index is 2.60. The number of rotatable bonds is 3. The fourth-order valence-corrected chi connectivity index (χ4v) is 1.69. The first kappa shape index (κ1) is 10.9. The van der Waals surface area contributed by atoms with Gasteiger partial charge in [0.2, 0.25) is 12.5 Å². The molecule has 0 saturated carbocycles. The standard InChI is InChI=1S/C10H9ClO5/c1-2-14-9-7(11)5(10(12)13)3-6-8(9)16-4-15-6/h3H,2,4H2,1H3,(H,12,13). The van der Waals surface area contributed by atoms with Gasteiger partial charge in [-0.2, -0.15) is 0 Å². The number of carboxylic acid groups (broad SMARTS) is 1. The molecule has 1 heterocycles. The van der Waals surface area contributed by atoms with E-state index in [0.29, 0.717) is 18.1 Å².